The van der Waals surface area contributed by atoms with E-state index in [1.54, 1.807) is 6.07 Å². The molecule has 1 atom stereocenters. The third-order valence-corrected chi connectivity index (χ3v) is 3.72. The van der Waals surface area contributed by atoms with Crippen molar-refractivity contribution < 1.29 is 19.0 Å². The van der Waals surface area contributed by atoms with Gasteiger partial charge in [-0.25, -0.2) is 4.39 Å². The van der Waals surface area contributed by atoms with Crippen molar-refractivity contribution in [3.63, 3.8) is 0 Å². The smallest absolute Gasteiger partial charge is 0.165 e. The van der Waals surface area contributed by atoms with Gasteiger partial charge >= 0.3 is 0 Å². The maximum Gasteiger partial charge on any atom is 0.165 e. The number of methoxy groups -OCH3 is 1. The third kappa shape index (κ3) is 5.22. The zero-order valence-electron chi connectivity index (χ0n) is 14.3. The lowest BCUT2D eigenvalue weighted by Gasteiger charge is -2.21. The number of hydrogen-bond acceptors (Lipinski definition) is 4. The summed E-state index contributed by atoms with van der Waals surface area (Å²) < 4.78 is 24.3. The van der Waals surface area contributed by atoms with Crippen molar-refractivity contribution in [2.24, 2.45) is 0 Å². The zero-order valence-corrected chi connectivity index (χ0v) is 14.3. The molecule has 2 aromatic rings. The second-order valence-electron chi connectivity index (χ2n) is 5.90. The molecule has 4 nitrogen and oxygen atoms in total. The normalized spacial score (nSPS) is 12.2. The van der Waals surface area contributed by atoms with E-state index < -0.39 is 6.10 Å². The molecule has 2 rings (SSSR count). The molecule has 0 aliphatic rings. The van der Waals surface area contributed by atoms with Gasteiger partial charge in [-0.2, -0.15) is 0 Å². The van der Waals surface area contributed by atoms with E-state index in [2.05, 4.69) is 0 Å². The van der Waals surface area contributed by atoms with Gasteiger partial charge in [0.05, 0.1) is 7.11 Å². The van der Waals surface area contributed by atoms with Gasteiger partial charge in [-0.15, -0.1) is 0 Å². The number of likely N-dealkylation sites (N-methyl/N-ethyl adjacent to an activating group) is 1. The Labute approximate surface area is 142 Å². The molecule has 0 radical (unpaired) electrons. The number of aryl methyl sites for hydroxylation is 1. The predicted octanol–water partition coefficient (Wildman–Crippen LogP) is 3.01. The van der Waals surface area contributed by atoms with Gasteiger partial charge in [-0.3, -0.25) is 4.90 Å². The number of halogens is 1. The van der Waals surface area contributed by atoms with Gasteiger partial charge in [0.15, 0.2) is 11.6 Å². The first-order chi connectivity index (χ1) is 11.5. The fourth-order valence-electron chi connectivity index (χ4n) is 2.50. The lowest BCUT2D eigenvalue weighted by molar-refractivity contribution is 0.0741. The van der Waals surface area contributed by atoms with Crippen molar-refractivity contribution in [3.05, 3.63) is 59.4 Å². The molecule has 1 N–H and O–H groups in total. The van der Waals surface area contributed by atoms with Crippen molar-refractivity contribution in [2.45, 2.75) is 19.6 Å². The summed E-state index contributed by atoms with van der Waals surface area (Å²) in [5.41, 5.74) is 1.86. The summed E-state index contributed by atoms with van der Waals surface area (Å²) in [5, 5.41) is 10.1. The van der Waals surface area contributed by atoms with E-state index in [-0.39, 0.29) is 18.2 Å². The average Bonchev–Trinajstić information content (AvgIpc) is 2.54. The van der Waals surface area contributed by atoms with Crippen molar-refractivity contribution in [1.29, 1.82) is 0 Å². The molecule has 0 spiro atoms. The highest BCUT2D eigenvalue weighted by Crippen LogP contribution is 2.19. The van der Waals surface area contributed by atoms with Crippen LogP contribution in [0.1, 0.15) is 11.1 Å². The summed E-state index contributed by atoms with van der Waals surface area (Å²) in [4.78, 5) is 1.92. The van der Waals surface area contributed by atoms with Crippen LogP contribution in [0, 0.1) is 12.7 Å². The van der Waals surface area contributed by atoms with E-state index in [9.17, 15) is 9.50 Å². The molecular formula is C19H24FNO3. The van der Waals surface area contributed by atoms with E-state index in [0.29, 0.717) is 13.1 Å². The summed E-state index contributed by atoms with van der Waals surface area (Å²) in [7, 11) is 3.31. The minimum atomic E-state index is -0.627. The largest absolute Gasteiger partial charge is 0.494 e. The topological polar surface area (TPSA) is 41.9 Å². The zero-order chi connectivity index (χ0) is 17.5. The quantitative estimate of drug-likeness (QED) is 0.806. The van der Waals surface area contributed by atoms with Crippen molar-refractivity contribution in [3.8, 4) is 11.5 Å². The van der Waals surface area contributed by atoms with Crippen LogP contribution in [0.3, 0.4) is 0 Å². The van der Waals surface area contributed by atoms with Gasteiger partial charge in [0.2, 0.25) is 0 Å². The second kappa shape index (κ2) is 8.66. The van der Waals surface area contributed by atoms with E-state index in [0.717, 1.165) is 16.9 Å². The number of aliphatic hydroxyl groups is 1. The standard InChI is InChI=1S/C19H24FNO3/c1-14-6-4-5-7-18(14)24-13-16(22)12-21(2)11-15-8-9-19(23-3)17(20)10-15/h4-10,16,22H,11-13H2,1-3H3. The highest BCUT2D eigenvalue weighted by atomic mass is 19.1. The highest BCUT2D eigenvalue weighted by Gasteiger charge is 2.11. The van der Waals surface area contributed by atoms with E-state index in [4.69, 9.17) is 9.47 Å². The molecule has 5 heteroatoms. The Morgan fingerprint density at radius 1 is 1.17 bits per heavy atom. The number of nitrogens with zero attached hydrogens (tertiary/aromatic N) is 1. The molecule has 0 bridgehead atoms. The predicted molar refractivity (Wildman–Crippen MR) is 92.0 cm³/mol. The molecule has 0 aliphatic heterocycles. The van der Waals surface area contributed by atoms with Gasteiger partial charge in [-0.1, -0.05) is 24.3 Å². The van der Waals surface area contributed by atoms with Crippen LogP contribution in [0.5, 0.6) is 11.5 Å². The molecule has 2 aromatic carbocycles. The summed E-state index contributed by atoms with van der Waals surface area (Å²) in [5.74, 6) is 0.622. The van der Waals surface area contributed by atoms with Gasteiger partial charge in [-0.05, 0) is 43.3 Å². The van der Waals surface area contributed by atoms with Crippen LogP contribution in [-0.4, -0.2) is 43.4 Å². The first kappa shape index (κ1) is 18.2. The van der Waals surface area contributed by atoms with E-state index in [1.807, 2.05) is 49.2 Å². The van der Waals surface area contributed by atoms with Crippen LogP contribution < -0.4 is 9.47 Å². The van der Waals surface area contributed by atoms with Crippen LogP contribution >= 0.6 is 0 Å². The van der Waals surface area contributed by atoms with Gasteiger partial charge in [0, 0.05) is 13.1 Å². The fraction of sp³-hybridized carbons (Fsp3) is 0.368. The SMILES string of the molecule is COc1ccc(CN(C)CC(O)COc2ccccc2C)cc1F. The Morgan fingerprint density at radius 2 is 1.92 bits per heavy atom. The van der Waals surface area contributed by atoms with Gasteiger partial charge in [0.25, 0.3) is 0 Å². The van der Waals surface area contributed by atoms with Crippen molar-refractivity contribution in [1.82, 2.24) is 4.90 Å². The van der Waals surface area contributed by atoms with Gasteiger partial charge < -0.3 is 14.6 Å². The number of hydrogen-bond donors (Lipinski definition) is 1. The molecule has 130 valence electrons. The fourth-order valence-corrected chi connectivity index (χ4v) is 2.50. The van der Waals surface area contributed by atoms with Crippen molar-refractivity contribution >= 4 is 0 Å². The molecule has 0 fully saturated rings. The molecule has 0 heterocycles. The van der Waals surface area contributed by atoms with E-state index in [1.165, 1.54) is 13.2 Å². The molecule has 0 aromatic heterocycles. The number of ether oxygens (including phenoxy) is 2. The summed E-state index contributed by atoms with van der Waals surface area (Å²) in [6, 6.07) is 12.6. The Balaban J connectivity index is 1.82. The highest BCUT2D eigenvalue weighted by molar-refractivity contribution is 5.31. The molecule has 0 saturated heterocycles. The van der Waals surface area contributed by atoms with Crippen LogP contribution in [0.15, 0.2) is 42.5 Å². The minimum absolute atomic E-state index is 0.214. The number of aliphatic hydroxyl groups excluding tert-OH is 1. The number of benzene rings is 2. The number of para-hydroxylation sites is 1. The first-order valence-electron chi connectivity index (χ1n) is 7.87. The molecular weight excluding hydrogens is 309 g/mol. The maximum absolute atomic E-state index is 13.7. The minimum Gasteiger partial charge on any atom is -0.494 e. The average molecular weight is 333 g/mol. The van der Waals surface area contributed by atoms with Crippen LogP contribution in [0.25, 0.3) is 0 Å². The van der Waals surface area contributed by atoms with Crippen molar-refractivity contribution in [2.75, 3.05) is 27.3 Å². The Hall–Kier alpha value is -2.11. The Kier molecular flexibility index (Phi) is 6.58. The lowest BCUT2D eigenvalue weighted by atomic mass is 10.2. The number of rotatable bonds is 8. The summed E-state index contributed by atoms with van der Waals surface area (Å²) in [6.45, 7) is 3.14. The van der Waals surface area contributed by atoms with Crippen LogP contribution in [-0.2, 0) is 6.54 Å². The second-order valence-corrected chi connectivity index (χ2v) is 5.90. The summed E-state index contributed by atoms with van der Waals surface area (Å²) >= 11 is 0. The molecule has 1 unspecified atom stereocenters. The Morgan fingerprint density at radius 3 is 2.58 bits per heavy atom. The summed E-state index contributed by atoms with van der Waals surface area (Å²) in [6.07, 6.45) is -0.627. The van der Waals surface area contributed by atoms with Crippen LogP contribution in [0.4, 0.5) is 4.39 Å². The Bertz CT molecular complexity index is 663. The third-order valence-electron chi connectivity index (χ3n) is 3.72. The molecule has 0 saturated carbocycles. The molecule has 0 amide bonds. The molecule has 24 heavy (non-hydrogen) atoms. The van der Waals surface area contributed by atoms with E-state index >= 15 is 0 Å². The monoisotopic (exact) mass is 333 g/mol. The first-order valence-corrected chi connectivity index (χ1v) is 7.87. The van der Waals surface area contributed by atoms with Crippen LogP contribution in [0.2, 0.25) is 0 Å². The van der Waals surface area contributed by atoms with Gasteiger partial charge in [0.1, 0.15) is 18.5 Å². The maximum atomic E-state index is 13.7. The molecule has 0 aliphatic carbocycles. The lowest BCUT2D eigenvalue weighted by Crippen LogP contribution is -2.32.